The molecular weight excluding hydrogens is 428 g/mol. The Bertz CT molecular complexity index is 1480. The van der Waals surface area contributed by atoms with Crippen LogP contribution in [0.5, 0.6) is 17.2 Å². The lowest BCUT2D eigenvalue weighted by Crippen LogP contribution is -2.10. The molecule has 1 aliphatic carbocycles. The molecule has 8 heteroatoms. The third-order valence-corrected chi connectivity index (χ3v) is 6.13. The van der Waals surface area contributed by atoms with Crippen LogP contribution in [-0.4, -0.2) is 30.7 Å². The van der Waals surface area contributed by atoms with Gasteiger partial charge in [0.25, 0.3) is 0 Å². The second kappa shape index (κ2) is 8.62. The van der Waals surface area contributed by atoms with Crippen molar-refractivity contribution in [3.63, 3.8) is 0 Å². The number of aromatic nitrogens is 5. The standard InChI is InChI=1S/C26H24N6O2/c1-17-12-18(6-9-24(17)34-21-10-11-32-25(14-21)28-16-30-32)31-26-22-13-20(33-19-4-2-3-5-19)7-8-23(22)27-15-29-26/h6-16,19H,2-5H2,1H3,(H,27,29,31). The van der Waals surface area contributed by atoms with Crippen LogP contribution in [0.25, 0.3) is 16.6 Å². The molecule has 8 nitrogen and oxygen atoms in total. The number of benzene rings is 2. The highest BCUT2D eigenvalue weighted by molar-refractivity contribution is 5.91. The predicted octanol–water partition coefficient (Wildman–Crippen LogP) is 5.84. The summed E-state index contributed by atoms with van der Waals surface area (Å²) in [6, 6.07) is 15.7. The van der Waals surface area contributed by atoms with Crippen molar-refractivity contribution in [3.8, 4) is 17.2 Å². The van der Waals surface area contributed by atoms with Gasteiger partial charge in [-0.15, -0.1) is 0 Å². The smallest absolute Gasteiger partial charge is 0.158 e. The average molecular weight is 453 g/mol. The molecule has 0 spiro atoms. The van der Waals surface area contributed by atoms with Crippen molar-refractivity contribution in [2.45, 2.75) is 38.7 Å². The summed E-state index contributed by atoms with van der Waals surface area (Å²) < 4.78 is 14.0. The van der Waals surface area contributed by atoms with Gasteiger partial charge < -0.3 is 14.8 Å². The van der Waals surface area contributed by atoms with E-state index in [0.717, 1.165) is 58.0 Å². The summed E-state index contributed by atoms with van der Waals surface area (Å²) in [7, 11) is 0. The van der Waals surface area contributed by atoms with Crippen LogP contribution in [0.15, 0.2) is 67.4 Å². The van der Waals surface area contributed by atoms with Gasteiger partial charge in [0.2, 0.25) is 0 Å². The Labute approximate surface area is 196 Å². The molecule has 0 unspecified atom stereocenters. The number of anilines is 2. The first kappa shape index (κ1) is 20.4. The van der Waals surface area contributed by atoms with Gasteiger partial charge in [-0.05, 0) is 80.6 Å². The van der Waals surface area contributed by atoms with Gasteiger partial charge in [-0.1, -0.05) is 0 Å². The summed E-state index contributed by atoms with van der Waals surface area (Å²) >= 11 is 0. The van der Waals surface area contributed by atoms with Gasteiger partial charge in [-0.25, -0.2) is 19.5 Å². The summed E-state index contributed by atoms with van der Waals surface area (Å²) in [6.07, 6.45) is 9.94. The lowest BCUT2D eigenvalue weighted by molar-refractivity contribution is 0.210. The van der Waals surface area contributed by atoms with Crippen LogP contribution in [0.1, 0.15) is 31.2 Å². The zero-order valence-electron chi connectivity index (χ0n) is 18.8. The molecule has 1 N–H and O–H groups in total. The average Bonchev–Trinajstić information content (AvgIpc) is 3.53. The molecule has 6 rings (SSSR count). The molecule has 34 heavy (non-hydrogen) atoms. The number of hydrogen-bond donors (Lipinski definition) is 1. The number of aryl methyl sites for hydroxylation is 1. The van der Waals surface area contributed by atoms with E-state index in [2.05, 4.69) is 25.4 Å². The summed E-state index contributed by atoms with van der Waals surface area (Å²) in [6.45, 7) is 2.02. The molecule has 2 aromatic carbocycles. The van der Waals surface area contributed by atoms with Crippen LogP contribution in [0.2, 0.25) is 0 Å². The topological polar surface area (TPSA) is 86.5 Å². The summed E-state index contributed by atoms with van der Waals surface area (Å²) in [5.74, 6) is 3.09. The largest absolute Gasteiger partial charge is 0.490 e. The van der Waals surface area contributed by atoms with Gasteiger partial charge in [0.05, 0.1) is 11.6 Å². The first-order valence-corrected chi connectivity index (χ1v) is 11.5. The molecule has 1 fully saturated rings. The maximum atomic E-state index is 6.19. The Balaban J connectivity index is 1.23. The molecular formula is C26H24N6O2. The normalized spacial score (nSPS) is 14.0. The first-order chi connectivity index (χ1) is 16.7. The number of rotatable bonds is 6. The highest BCUT2D eigenvalue weighted by Crippen LogP contribution is 2.32. The number of nitrogens with one attached hydrogen (secondary N) is 1. The third-order valence-electron chi connectivity index (χ3n) is 6.13. The van der Waals surface area contributed by atoms with E-state index in [9.17, 15) is 0 Å². The van der Waals surface area contributed by atoms with E-state index in [1.54, 1.807) is 10.8 Å². The second-order valence-electron chi connectivity index (χ2n) is 8.56. The van der Waals surface area contributed by atoms with Crippen LogP contribution < -0.4 is 14.8 Å². The minimum Gasteiger partial charge on any atom is -0.490 e. The van der Waals surface area contributed by atoms with Gasteiger partial charge in [0, 0.05) is 23.3 Å². The Morgan fingerprint density at radius 1 is 0.912 bits per heavy atom. The van der Waals surface area contributed by atoms with Crippen molar-refractivity contribution >= 4 is 28.1 Å². The molecule has 0 amide bonds. The highest BCUT2D eigenvalue weighted by atomic mass is 16.5. The van der Waals surface area contributed by atoms with E-state index in [0.29, 0.717) is 11.9 Å². The van der Waals surface area contributed by atoms with Gasteiger partial charge >= 0.3 is 0 Å². The quantitative estimate of drug-likeness (QED) is 0.346. The Morgan fingerprint density at radius 2 is 1.82 bits per heavy atom. The number of fused-ring (bicyclic) bond motifs is 2. The Morgan fingerprint density at radius 3 is 2.71 bits per heavy atom. The van der Waals surface area contributed by atoms with E-state index < -0.39 is 0 Å². The van der Waals surface area contributed by atoms with Gasteiger partial charge in [-0.3, -0.25) is 0 Å². The maximum Gasteiger partial charge on any atom is 0.158 e. The number of nitrogens with zero attached hydrogens (tertiary/aromatic N) is 5. The molecule has 1 aliphatic rings. The molecule has 0 aliphatic heterocycles. The third kappa shape index (κ3) is 4.10. The van der Waals surface area contributed by atoms with Crippen LogP contribution in [0.3, 0.4) is 0 Å². The van der Waals surface area contributed by atoms with Crippen molar-refractivity contribution in [2.24, 2.45) is 0 Å². The second-order valence-corrected chi connectivity index (χ2v) is 8.56. The summed E-state index contributed by atoms with van der Waals surface area (Å²) in [5.41, 5.74) is 3.52. The highest BCUT2D eigenvalue weighted by Gasteiger charge is 2.17. The number of pyridine rings is 1. The van der Waals surface area contributed by atoms with Crippen LogP contribution in [-0.2, 0) is 0 Å². The van der Waals surface area contributed by atoms with Crippen molar-refractivity contribution in [3.05, 3.63) is 72.9 Å². The fraction of sp³-hybridized carbons (Fsp3) is 0.231. The Kier molecular flexibility index (Phi) is 5.18. The van der Waals surface area contributed by atoms with Gasteiger partial charge in [0.1, 0.15) is 35.7 Å². The fourth-order valence-electron chi connectivity index (χ4n) is 4.37. The lowest BCUT2D eigenvalue weighted by Gasteiger charge is -2.15. The van der Waals surface area contributed by atoms with Crippen LogP contribution >= 0.6 is 0 Å². The summed E-state index contributed by atoms with van der Waals surface area (Å²) in [4.78, 5) is 13.1. The maximum absolute atomic E-state index is 6.19. The zero-order chi connectivity index (χ0) is 22.9. The molecule has 3 heterocycles. The first-order valence-electron chi connectivity index (χ1n) is 11.5. The van der Waals surface area contributed by atoms with E-state index >= 15 is 0 Å². The molecule has 170 valence electrons. The van der Waals surface area contributed by atoms with E-state index in [-0.39, 0.29) is 0 Å². The van der Waals surface area contributed by atoms with Gasteiger partial charge in [-0.2, -0.15) is 5.10 Å². The number of hydrogen-bond acceptors (Lipinski definition) is 7. The monoisotopic (exact) mass is 452 g/mol. The molecule has 0 bridgehead atoms. The molecule has 0 saturated heterocycles. The lowest BCUT2D eigenvalue weighted by atomic mass is 10.2. The van der Waals surface area contributed by atoms with E-state index in [4.69, 9.17) is 9.47 Å². The fourth-order valence-corrected chi connectivity index (χ4v) is 4.37. The van der Waals surface area contributed by atoms with Crippen molar-refractivity contribution < 1.29 is 9.47 Å². The van der Waals surface area contributed by atoms with E-state index in [1.165, 1.54) is 19.2 Å². The SMILES string of the molecule is Cc1cc(Nc2ncnc3ccc(OC4CCCC4)cc23)ccc1Oc1ccn2ncnc2c1. The van der Waals surface area contributed by atoms with Crippen LogP contribution in [0, 0.1) is 6.92 Å². The molecule has 0 radical (unpaired) electrons. The van der Waals surface area contributed by atoms with Crippen molar-refractivity contribution in [1.29, 1.82) is 0 Å². The van der Waals surface area contributed by atoms with Crippen LogP contribution in [0.4, 0.5) is 11.5 Å². The minimum absolute atomic E-state index is 0.305. The van der Waals surface area contributed by atoms with E-state index in [1.807, 2.05) is 61.7 Å². The van der Waals surface area contributed by atoms with Gasteiger partial charge in [0.15, 0.2) is 5.65 Å². The molecule has 5 aromatic rings. The molecule has 1 saturated carbocycles. The van der Waals surface area contributed by atoms with Crippen molar-refractivity contribution in [2.75, 3.05) is 5.32 Å². The van der Waals surface area contributed by atoms with Crippen molar-refractivity contribution in [1.82, 2.24) is 24.6 Å². The zero-order valence-corrected chi connectivity index (χ0v) is 18.8. The Hall–Kier alpha value is -4.20. The minimum atomic E-state index is 0.305. The predicted molar refractivity (Wildman–Crippen MR) is 130 cm³/mol. The molecule has 0 atom stereocenters. The number of ether oxygens (including phenoxy) is 2. The summed E-state index contributed by atoms with van der Waals surface area (Å²) in [5, 5.41) is 8.48. The molecule has 3 aromatic heterocycles.